The molecule has 1 amide bonds. The summed E-state index contributed by atoms with van der Waals surface area (Å²) in [4.78, 5) is 12.1. The molecule has 0 spiro atoms. The minimum atomic E-state index is 0.0380. The molecule has 0 aromatic heterocycles. The maximum atomic E-state index is 12.1. The monoisotopic (exact) mass is 337 g/mol. The Morgan fingerprint density at radius 2 is 2.00 bits per heavy atom. The number of para-hydroxylation sites is 1. The number of methoxy groups -OCH3 is 1. The first-order valence-electron chi connectivity index (χ1n) is 8.91. The van der Waals surface area contributed by atoms with E-state index in [1.807, 2.05) is 24.3 Å². The van der Waals surface area contributed by atoms with Crippen molar-refractivity contribution in [3.05, 3.63) is 59.2 Å². The predicted octanol–water partition coefficient (Wildman–Crippen LogP) is 3.38. The number of rotatable bonds is 5. The van der Waals surface area contributed by atoms with Crippen molar-refractivity contribution < 1.29 is 14.3 Å². The highest BCUT2D eigenvalue weighted by atomic mass is 16.5. The summed E-state index contributed by atoms with van der Waals surface area (Å²) in [5, 5.41) is 3.02. The molecule has 2 aliphatic rings. The molecule has 4 rings (SSSR count). The van der Waals surface area contributed by atoms with Crippen LogP contribution in [0.2, 0.25) is 0 Å². The standard InChI is InChI=1S/C21H23NO3/c1-24-19-4-2-3-17-12-15(13-25-20(17)19)11-14-5-7-16(8-6-14)21(23)22-18-9-10-18/h2-8,15,18H,9-13H2,1H3,(H,22,23)/t15-/m0/s1. The van der Waals surface area contributed by atoms with Gasteiger partial charge in [-0.3, -0.25) is 4.79 Å². The van der Waals surface area contributed by atoms with Crippen LogP contribution >= 0.6 is 0 Å². The van der Waals surface area contributed by atoms with Crippen LogP contribution < -0.4 is 14.8 Å². The molecule has 4 nitrogen and oxygen atoms in total. The lowest BCUT2D eigenvalue weighted by Crippen LogP contribution is -2.25. The van der Waals surface area contributed by atoms with Crippen molar-refractivity contribution in [3.63, 3.8) is 0 Å². The Morgan fingerprint density at radius 3 is 2.72 bits per heavy atom. The summed E-state index contributed by atoms with van der Waals surface area (Å²) in [5.74, 6) is 2.16. The van der Waals surface area contributed by atoms with Gasteiger partial charge in [0.1, 0.15) is 0 Å². The Bertz CT molecular complexity index is 765. The van der Waals surface area contributed by atoms with Crippen LogP contribution in [0.3, 0.4) is 0 Å². The van der Waals surface area contributed by atoms with Gasteiger partial charge in [-0.15, -0.1) is 0 Å². The largest absolute Gasteiger partial charge is 0.493 e. The van der Waals surface area contributed by atoms with E-state index in [0.29, 0.717) is 18.6 Å². The van der Waals surface area contributed by atoms with Crippen LogP contribution in [0, 0.1) is 5.92 Å². The van der Waals surface area contributed by atoms with Gasteiger partial charge >= 0.3 is 0 Å². The number of hydrogen-bond acceptors (Lipinski definition) is 3. The van der Waals surface area contributed by atoms with E-state index in [9.17, 15) is 4.79 Å². The van der Waals surface area contributed by atoms with Crippen molar-refractivity contribution in [1.29, 1.82) is 0 Å². The number of carbonyl (C=O) groups is 1. The van der Waals surface area contributed by atoms with Crippen LogP contribution in [-0.2, 0) is 12.8 Å². The molecule has 130 valence electrons. The molecular formula is C21H23NO3. The zero-order valence-electron chi connectivity index (χ0n) is 14.5. The number of amides is 1. The highest BCUT2D eigenvalue weighted by Gasteiger charge is 2.24. The lowest BCUT2D eigenvalue weighted by molar-refractivity contribution is 0.0951. The highest BCUT2D eigenvalue weighted by molar-refractivity contribution is 5.94. The second-order valence-electron chi connectivity index (χ2n) is 6.98. The molecular weight excluding hydrogens is 314 g/mol. The smallest absolute Gasteiger partial charge is 0.251 e. The Balaban J connectivity index is 1.40. The molecule has 2 aromatic carbocycles. The molecule has 2 aromatic rings. The highest BCUT2D eigenvalue weighted by Crippen LogP contribution is 2.36. The van der Waals surface area contributed by atoms with Crippen LogP contribution in [0.4, 0.5) is 0 Å². The average molecular weight is 337 g/mol. The summed E-state index contributed by atoms with van der Waals surface area (Å²) in [7, 11) is 1.67. The van der Waals surface area contributed by atoms with Crippen molar-refractivity contribution in [2.24, 2.45) is 5.92 Å². The molecule has 1 N–H and O–H groups in total. The molecule has 1 aliphatic carbocycles. The molecule has 1 heterocycles. The van der Waals surface area contributed by atoms with Gasteiger partial charge in [0.25, 0.3) is 5.91 Å². The van der Waals surface area contributed by atoms with E-state index >= 15 is 0 Å². The SMILES string of the molecule is COc1cccc2c1OC[C@@H](Cc1ccc(C(=O)NC3CC3)cc1)C2. The van der Waals surface area contributed by atoms with E-state index in [-0.39, 0.29) is 5.91 Å². The van der Waals surface area contributed by atoms with Crippen LogP contribution in [0.15, 0.2) is 42.5 Å². The summed E-state index contributed by atoms with van der Waals surface area (Å²) in [6.07, 6.45) is 4.15. The van der Waals surface area contributed by atoms with Gasteiger partial charge in [0.15, 0.2) is 11.5 Å². The molecule has 0 bridgehead atoms. The topological polar surface area (TPSA) is 47.6 Å². The maximum Gasteiger partial charge on any atom is 0.251 e. The van der Waals surface area contributed by atoms with Gasteiger partial charge in [0, 0.05) is 17.5 Å². The van der Waals surface area contributed by atoms with E-state index in [0.717, 1.165) is 42.7 Å². The Kier molecular flexibility index (Phi) is 4.35. The number of fused-ring (bicyclic) bond motifs is 1. The van der Waals surface area contributed by atoms with Gasteiger partial charge < -0.3 is 14.8 Å². The van der Waals surface area contributed by atoms with Crippen LogP contribution in [0.5, 0.6) is 11.5 Å². The van der Waals surface area contributed by atoms with Gasteiger partial charge in [-0.1, -0.05) is 24.3 Å². The summed E-state index contributed by atoms with van der Waals surface area (Å²) >= 11 is 0. The molecule has 4 heteroatoms. The fourth-order valence-corrected chi connectivity index (χ4v) is 3.37. The first-order chi connectivity index (χ1) is 12.2. The fourth-order valence-electron chi connectivity index (χ4n) is 3.37. The minimum absolute atomic E-state index is 0.0380. The molecule has 25 heavy (non-hydrogen) atoms. The summed E-state index contributed by atoms with van der Waals surface area (Å²) in [6.45, 7) is 0.692. The molecule has 0 unspecified atom stereocenters. The van der Waals surface area contributed by atoms with E-state index in [1.165, 1.54) is 11.1 Å². The molecule has 0 saturated heterocycles. The first kappa shape index (κ1) is 16.0. The van der Waals surface area contributed by atoms with Crippen molar-refractivity contribution in [3.8, 4) is 11.5 Å². The van der Waals surface area contributed by atoms with E-state index < -0.39 is 0 Å². The molecule has 1 fully saturated rings. The van der Waals surface area contributed by atoms with Crippen molar-refractivity contribution in [1.82, 2.24) is 5.32 Å². The summed E-state index contributed by atoms with van der Waals surface area (Å²) < 4.78 is 11.3. The number of carbonyl (C=O) groups excluding carboxylic acids is 1. The molecule has 1 atom stereocenters. The number of benzene rings is 2. The van der Waals surface area contributed by atoms with Gasteiger partial charge in [-0.25, -0.2) is 0 Å². The lowest BCUT2D eigenvalue weighted by Gasteiger charge is -2.26. The Labute approximate surface area is 148 Å². The zero-order chi connectivity index (χ0) is 17.2. The zero-order valence-corrected chi connectivity index (χ0v) is 14.5. The van der Waals surface area contributed by atoms with Crippen molar-refractivity contribution in [2.45, 2.75) is 31.7 Å². The second-order valence-corrected chi connectivity index (χ2v) is 6.98. The van der Waals surface area contributed by atoms with E-state index in [1.54, 1.807) is 7.11 Å². The predicted molar refractivity (Wildman–Crippen MR) is 96.3 cm³/mol. The first-order valence-corrected chi connectivity index (χ1v) is 8.91. The normalized spacial score (nSPS) is 18.8. The summed E-state index contributed by atoms with van der Waals surface area (Å²) in [5.41, 5.74) is 3.18. The minimum Gasteiger partial charge on any atom is -0.493 e. The third kappa shape index (κ3) is 3.63. The van der Waals surface area contributed by atoms with Gasteiger partial charge in [0.05, 0.1) is 13.7 Å². The summed E-state index contributed by atoms with van der Waals surface area (Å²) in [6, 6.07) is 14.4. The average Bonchev–Trinajstić information content (AvgIpc) is 3.45. The Hall–Kier alpha value is -2.49. The molecule has 1 aliphatic heterocycles. The molecule has 0 radical (unpaired) electrons. The lowest BCUT2D eigenvalue weighted by atomic mass is 9.90. The van der Waals surface area contributed by atoms with Crippen molar-refractivity contribution >= 4 is 5.91 Å². The Morgan fingerprint density at radius 1 is 1.20 bits per heavy atom. The van der Waals surface area contributed by atoms with Crippen LogP contribution in [0.1, 0.15) is 34.3 Å². The number of nitrogens with one attached hydrogen (secondary N) is 1. The number of hydrogen-bond donors (Lipinski definition) is 1. The van der Waals surface area contributed by atoms with Gasteiger partial charge in [-0.2, -0.15) is 0 Å². The molecule has 1 saturated carbocycles. The maximum absolute atomic E-state index is 12.1. The third-order valence-corrected chi connectivity index (χ3v) is 4.91. The second kappa shape index (κ2) is 6.79. The van der Waals surface area contributed by atoms with E-state index in [2.05, 4.69) is 23.5 Å². The third-order valence-electron chi connectivity index (χ3n) is 4.91. The van der Waals surface area contributed by atoms with Gasteiger partial charge in [0.2, 0.25) is 0 Å². The van der Waals surface area contributed by atoms with Crippen molar-refractivity contribution in [2.75, 3.05) is 13.7 Å². The van der Waals surface area contributed by atoms with Gasteiger partial charge in [-0.05, 0) is 55.0 Å². The number of ether oxygens (including phenoxy) is 2. The van der Waals surface area contributed by atoms with Crippen LogP contribution in [-0.4, -0.2) is 25.7 Å². The van der Waals surface area contributed by atoms with Crippen LogP contribution in [0.25, 0.3) is 0 Å². The van der Waals surface area contributed by atoms with E-state index in [4.69, 9.17) is 9.47 Å². The quantitative estimate of drug-likeness (QED) is 0.910. The fraction of sp³-hybridized carbons (Fsp3) is 0.381.